The topological polar surface area (TPSA) is 36.4 Å². The van der Waals surface area contributed by atoms with Crippen molar-refractivity contribution in [3.63, 3.8) is 0 Å². The number of hydrogen-bond donors (Lipinski definition) is 1. The third-order valence-electron chi connectivity index (χ3n) is 5.30. The van der Waals surface area contributed by atoms with E-state index in [1.54, 1.807) is 0 Å². The van der Waals surface area contributed by atoms with Crippen LogP contribution in [0.15, 0.2) is 48.7 Å². The van der Waals surface area contributed by atoms with Crippen LogP contribution in [0.4, 0.5) is 0 Å². The van der Waals surface area contributed by atoms with Crippen molar-refractivity contribution in [2.24, 2.45) is 5.92 Å². The quantitative estimate of drug-likeness (QED) is 0.915. The Labute approximate surface area is 145 Å². The van der Waals surface area contributed by atoms with Gasteiger partial charge in [0.1, 0.15) is 0 Å². The van der Waals surface area contributed by atoms with E-state index >= 15 is 0 Å². The summed E-state index contributed by atoms with van der Waals surface area (Å²) in [5.41, 5.74) is 3.11. The molecule has 0 spiro atoms. The Balaban J connectivity index is 1.65. The highest BCUT2D eigenvalue weighted by Crippen LogP contribution is 2.31. The van der Waals surface area contributed by atoms with Crippen LogP contribution in [0.1, 0.15) is 37.1 Å². The fraction of sp³-hybridized carbons (Fsp3) is 0.476. The second kappa shape index (κ2) is 7.45. The van der Waals surface area contributed by atoms with E-state index in [0.29, 0.717) is 0 Å². The number of likely N-dealkylation sites (tertiary alicyclic amines) is 1. The minimum Gasteiger partial charge on any atom is -0.390 e. The average Bonchev–Trinajstić information content (AvgIpc) is 2.60. The van der Waals surface area contributed by atoms with Gasteiger partial charge in [-0.25, -0.2) is 0 Å². The lowest BCUT2D eigenvalue weighted by Gasteiger charge is -2.43. The van der Waals surface area contributed by atoms with Gasteiger partial charge >= 0.3 is 0 Å². The average molecular weight is 324 g/mol. The van der Waals surface area contributed by atoms with Gasteiger partial charge in [0, 0.05) is 31.7 Å². The van der Waals surface area contributed by atoms with Crippen LogP contribution in [0.5, 0.6) is 0 Å². The number of benzene rings is 1. The molecule has 1 aromatic carbocycles. The standard InChI is InChI=1S/C21H28N2O/c1-3-17-9-10-20(22-14-17)16-23-12-11-21(2,24)19(15-23)13-18-7-5-4-6-8-18/h4-10,14,19,24H,3,11-13,15-16H2,1-2H3/t19-,21+/m0/s1. The lowest BCUT2D eigenvalue weighted by Crippen LogP contribution is -2.50. The number of pyridine rings is 1. The van der Waals surface area contributed by atoms with Crippen molar-refractivity contribution in [2.75, 3.05) is 13.1 Å². The van der Waals surface area contributed by atoms with E-state index < -0.39 is 5.60 Å². The van der Waals surface area contributed by atoms with Gasteiger partial charge in [0.05, 0.1) is 11.3 Å². The molecule has 0 aliphatic carbocycles. The molecule has 0 saturated carbocycles. The third-order valence-corrected chi connectivity index (χ3v) is 5.30. The van der Waals surface area contributed by atoms with Crippen LogP contribution in [-0.4, -0.2) is 33.7 Å². The van der Waals surface area contributed by atoms with E-state index in [-0.39, 0.29) is 5.92 Å². The number of rotatable bonds is 5. The predicted octanol–water partition coefficient (Wildman–Crippen LogP) is 3.46. The Hall–Kier alpha value is -1.71. The summed E-state index contributed by atoms with van der Waals surface area (Å²) < 4.78 is 0. The van der Waals surface area contributed by atoms with E-state index in [2.05, 4.69) is 53.2 Å². The van der Waals surface area contributed by atoms with Crippen LogP contribution in [0.25, 0.3) is 0 Å². The molecule has 0 amide bonds. The summed E-state index contributed by atoms with van der Waals surface area (Å²) in [6, 6.07) is 14.8. The Morgan fingerprint density at radius 1 is 1.17 bits per heavy atom. The third kappa shape index (κ3) is 4.22. The highest BCUT2D eigenvalue weighted by molar-refractivity contribution is 5.17. The van der Waals surface area contributed by atoms with Gasteiger partial charge in [0.2, 0.25) is 0 Å². The molecule has 1 saturated heterocycles. The summed E-state index contributed by atoms with van der Waals surface area (Å²) in [6.45, 7) is 6.85. The SMILES string of the molecule is CCc1ccc(CN2CC[C@@](C)(O)[C@@H](Cc3ccccc3)C2)nc1. The summed E-state index contributed by atoms with van der Waals surface area (Å²) >= 11 is 0. The zero-order chi connectivity index (χ0) is 17.0. The van der Waals surface area contributed by atoms with Gasteiger partial charge in [-0.05, 0) is 43.4 Å². The summed E-state index contributed by atoms with van der Waals surface area (Å²) in [4.78, 5) is 7.01. The van der Waals surface area contributed by atoms with Crippen molar-refractivity contribution in [3.05, 3.63) is 65.5 Å². The Morgan fingerprint density at radius 2 is 1.96 bits per heavy atom. The number of hydrogen-bond acceptors (Lipinski definition) is 3. The molecule has 1 fully saturated rings. The molecule has 0 unspecified atom stereocenters. The number of aromatic nitrogens is 1. The molecule has 1 aromatic heterocycles. The molecule has 1 aliphatic heterocycles. The Morgan fingerprint density at radius 3 is 2.62 bits per heavy atom. The first-order valence-electron chi connectivity index (χ1n) is 8.99. The number of nitrogens with zero attached hydrogens (tertiary/aromatic N) is 2. The maximum absolute atomic E-state index is 10.8. The molecular formula is C21H28N2O. The van der Waals surface area contributed by atoms with Gasteiger partial charge in [-0.2, -0.15) is 0 Å². The second-order valence-corrected chi connectivity index (χ2v) is 7.24. The first kappa shape index (κ1) is 17.1. The molecule has 1 N–H and O–H groups in total. The van der Waals surface area contributed by atoms with Crippen LogP contribution >= 0.6 is 0 Å². The van der Waals surface area contributed by atoms with Gasteiger partial charge in [-0.15, -0.1) is 0 Å². The van der Waals surface area contributed by atoms with E-state index in [1.165, 1.54) is 11.1 Å². The summed E-state index contributed by atoms with van der Waals surface area (Å²) in [7, 11) is 0. The van der Waals surface area contributed by atoms with Crippen molar-refractivity contribution in [3.8, 4) is 0 Å². The smallest absolute Gasteiger partial charge is 0.0675 e. The van der Waals surface area contributed by atoms with Crippen molar-refractivity contribution in [1.29, 1.82) is 0 Å². The molecule has 24 heavy (non-hydrogen) atoms. The van der Waals surface area contributed by atoms with Gasteiger partial charge in [-0.1, -0.05) is 43.3 Å². The van der Waals surface area contributed by atoms with Crippen LogP contribution in [0, 0.1) is 5.92 Å². The molecule has 0 bridgehead atoms. The van der Waals surface area contributed by atoms with Crippen LogP contribution < -0.4 is 0 Å². The maximum Gasteiger partial charge on any atom is 0.0675 e. The monoisotopic (exact) mass is 324 g/mol. The molecule has 1 aliphatic rings. The predicted molar refractivity (Wildman–Crippen MR) is 97.8 cm³/mol. The first-order chi connectivity index (χ1) is 11.6. The number of aliphatic hydroxyl groups is 1. The maximum atomic E-state index is 10.8. The normalized spacial score (nSPS) is 24.9. The Bertz CT molecular complexity index is 637. The highest BCUT2D eigenvalue weighted by atomic mass is 16.3. The zero-order valence-electron chi connectivity index (χ0n) is 14.8. The number of piperidine rings is 1. The second-order valence-electron chi connectivity index (χ2n) is 7.24. The number of aryl methyl sites for hydroxylation is 1. The molecule has 2 heterocycles. The fourth-order valence-corrected chi connectivity index (χ4v) is 3.50. The van der Waals surface area contributed by atoms with E-state index in [4.69, 9.17) is 0 Å². The lowest BCUT2D eigenvalue weighted by molar-refractivity contribution is -0.0596. The summed E-state index contributed by atoms with van der Waals surface area (Å²) in [6.07, 6.45) is 4.75. The van der Waals surface area contributed by atoms with Crippen molar-refractivity contribution >= 4 is 0 Å². The van der Waals surface area contributed by atoms with Gasteiger partial charge < -0.3 is 5.11 Å². The Kier molecular flexibility index (Phi) is 5.32. The van der Waals surface area contributed by atoms with Crippen LogP contribution in [0.3, 0.4) is 0 Å². The van der Waals surface area contributed by atoms with Gasteiger partial charge in [0.25, 0.3) is 0 Å². The van der Waals surface area contributed by atoms with Crippen molar-refractivity contribution in [1.82, 2.24) is 9.88 Å². The largest absolute Gasteiger partial charge is 0.390 e. The molecule has 2 aromatic rings. The van der Waals surface area contributed by atoms with E-state index in [9.17, 15) is 5.11 Å². The molecular weight excluding hydrogens is 296 g/mol. The fourth-order valence-electron chi connectivity index (χ4n) is 3.50. The minimum absolute atomic E-state index is 0.253. The molecule has 2 atom stereocenters. The molecule has 3 rings (SSSR count). The van der Waals surface area contributed by atoms with Crippen molar-refractivity contribution < 1.29 is 5.11 Å². The van der Waals surface area contributed by atoms with Crippen molar-refractivity contribution in [2.45, 2.75) is 45.3 Å². The highest BCUT2D eigenvalue weighted by Gasteiger charge is 2.37. The summed E-state index contributed by atoms with van der Waals surface area (Å²) in [5.74, 6) is 0.253. The molecule has 128 valence electrons. The van der Waals surface area contributed by atoms with Crippen LogP contribution in [-0.2, 0) is 19.4 Å². The van der Waals surface area contributed by atoms with Gasteiger partial charge in [0.15, 0.2) is 0 Å². The first-order valence-corrected chi connectivity index (χ1v) is 8.99. The van der Waals surface area contributed by atoms with E-state index in [1.807, 2.05) is 19.2 Å². The van der Waals surface area contributed by atoms with E-state index in [0.717, 1.165) is 44.6 Å². The summed E-state index contributed by atoms with van der Waals surface area (Å²) in [5, 5.41) is 10.8. The lowest BCUT2D eigenvalue weighted by atomic mass is 9.79. The van der Waals surface area contributed by atoms with Crippen LogP contribution in [0.2, 0.25) is 0 Å². The minimum atomic E-state index is -0.591. The van der Waals surface area contributed by atoms with Gasteiger partial charge in [-0.3, -0.25) is 9.88 Å². The molecule has 3 nitrogen and oxygen atoms in total. The molecule has 0 radical (unpaired) electrons. The molecule has 3 heteroatoms. The zero-order valence-corrected chi connectivity index (χ0v) is 14.8.